The number of benzene rings is 1. The number of carbonyl (C=O) groups is 1. The third-order valence-corrected chi connectivity index (χ3v) is 6.44. The third-order valence-electron chi connectivity index (χ3n) is 3.65. The fraction of sp³-hybridized carbons (Fsp3) is 0.500. The van der Waals surface area contributed by atoms with E-state index in [9.17, 15) is 13.2 Å². The number of nitrogens with one attached hydrogen (secondary N) is 1. The van der Waals surface area contributed by atoms with Crippen molar-refractivity contribution in [1.82, 2.24) is 4.72 Å². The van der Waals surface area contributed by atoms with Crippen LogP contribution in [0.2, 0.25) is 0 Å². The number of sulfonamides is 1. The fourth-order valence-electron chi connectivity index (χ4n) is 2.00. The Morgan fingerprint density at radius 3 is 2.43 bits per heavy atom. The molecule has 1 aliphatic carbocycles. The molecule has 2 rings (SSSR count). The molecule has 0 saturated heterocycles. The molecule has 1 aliphatic rings. The second-order valence-corrected chi connectivity index (χ2v) is 8.16. The van der Waals surface area contributed by atoms with Crippen molar-refractivity contribution in [2.24, 2.45) is 5.41 Å². The van der Waals surface area contributed by atoms with Gasteiger partial charge in [0.05, 0.1) is 18.4 Å². The Morgan fingerprint density at radius 2 is 1.95 bits per heavy atom. The summed E-state index contributed by atoms with van der Waals surface area (Å²) in [7, 11) is -0.586. The van der Waals surface area contributed by atoms with Crippen molar-refractivity contribution in [3.63, 3.8) is 0 Å². The van der Waals surface area contributed by atoms with Crippen molar-refractivity contribution >= 4 is 27.8 Å². The Kier molecular flexibility index (Phi) is 4.95. The first kappa shape index (κ1) is 16.3. The average molecular weight is 329 g/mol. The first-order chi connectivity index (χ1) is 9.91. The molecule has 1 N–H and O–H groups in total. The Balaban J connectivity index is 1.94. The zero-order chi connectivity index (χ0) is 15.5. The van der Waals surface area contributed by atoms with Crippen LogP contribution in [0.15, 0.2) is 34.1 Å². The van der Waals surface area contributed by atoms with E-state index in [1.165, 1.54) is 14.2 Å². The van der Waals surface area contributed by atoms with Gasteiger partial charge in [-0.2, -0.15) is 0 Å². The number of esters is 1. The molecule has 1 aromatic rings. The first-order valence-electron chi connectivity index (χ1n) is 6.64. The molecule has 1 aromatic carbocycles. The molecule has 0 bridgehead atoms. The first-order valence-corrected chi connectivity index (χ1v) is 9.11. The van der Waals surface area contributed by atoms with Crippen LogP contribution in [0.1, 0.15) is 19.3 Å². The summed E-state index contributed by atoms with van der Waals surface area (Å²) in [5, 5.41) is 0. The second kappa shape index (κ2) is 6.37. The van der Waals surface area contributed by atoms with Crippen molar-refractivity contribution in [1.29, 1.82) is 0 Å². The Bertz CT molecular complexity index is 606. The number of ether oxygens (including phenoxy) is 1. The standard InChI is InChI=1S/C14H19NO4S2/c1-15-21(17,18)12-5-3-11(4-6-12)20-10-14(7-8-14)9-13(16)19-2/h3-6,15H,7-10H2,1-2H3. The summed E-state index contributed by atoms with van der Waals surface area (Å²) in [5.41, 5.74) is 0.0630. The van der Waals surface area contributed by atoms with E-state index in [1.54, 1.807) is 36.0 Å². The molecule has 0 spiro atoms. The van der Waals surface area contributed by atoms with E-state index in [1.807, 2.05) is 0 Å². The van der Waals surface area contributed by atoms with Gasteiger partial charge in [0.15, 0.2) is 0 Å². The quantitative estimate of drug-likeness (QED) is 0.612. The number of carbonyl (C=O) groups excluding carboxylic acids is 1. The molecular formula is C14H19NO4S2. The molecule has 0 atom stereocenters. The summed E-state index contributed by atoms with van der Waals surface area (Å²) in [4.78, 5) is 12.6. The summed E-state index contributed by atoms with van der Waals surface area (Å²) in [6, 6.07) is 6.77. The lowest BCUT2D eigenvalue weighted by Gasteiger charge is -2.13. The van der Waals surface area contributed by atoms with Gasteiger partial charge in [-0.1, -0.05) is 0 Å². The van der Waals surface area contributed by atoms with E-state index in [0.717, 1.165) is 23.5 Å². The molecule has 0 aliphatic heterocycles. The van der Waals surface area contributed by atoms with Crippen LogP contribution in [-0.4, -0.2) is 34.3 Å². The summed E-state index contributed by atoms with van der Waals surface area (Å²) in [6.45, 7) is 0. The minimum atomic E-state index is -3.39. The van der Waals surface area contributed by atoms with E-state index < -0.39 is 10.0 Å². The van der Waals surface area contributed by atoms with Gasteiger partial charge >= 0.3 is 5.97 Å². The minimum Gasteiger partial charge on any atom is -0.469 e. The summed E-state index contributed by atoms with van der Waals surface area (Å²) in [6.07, 6.45) is 2.55. The second-order valence-electron chi connectivity index (χ2n) is 5.22. The van der Waals surface area contributed by atoms with Crippen LogP contribution in [-0.2, 0) is 19.6 Å². The zero-order valence-corrected chi connectivity index (χ0v) is 13.7. The Morgan fingerprint density at radius 1 is 1.33 bits per heavy atom. The van der Waals surface area contributed by atoms with Gasteiger partial charge in [0, 0.05) is 10.6 Å². The number of methoxy groups -OCH3 is 1. The number of thioether (sulfide) groups is 1. The van der Waals surface area contributed by atoms with Crippen molar-refractivity contribution in [2.45, 2.75) is 29.1 Å². The lowest BCUT2D eigenvalue weighted by molar-refractivity contribution is -0.141. The number of hydrogen-bond acceptors (Lipinski definition) is 5. The molecule has 0 aromatic heterocycles. The zero-order valence-electron chi connectivity index (χ0n) is 12.1. The highest BCUT2D eigenvalue weighted by atomic mass is 32.2. The molecule has 1 saturated carbocycles. The Labute approximate surface area is 129 Å². The van der Waals surface area contributed by atoms with Gasteiger partial charge in [-0.15, -0.1) is 11.8 Å². The van der Waals surface area contributed by atoms with E-state index in [-0.39, 0.29) is 16.3 Å². The molecule has 0 heterocycles. The van der Waals surface area contributed by atoms with Gasteiger partial charge < -0.3 is 4.74 Å². The van der Waals surface area contributed by atoms with Crippen molar-refractivity contribution in [3.05, 3.63) is 24.3 Å². The number of rotatable bonds is 7. The largest absolute Gasteiger partial charge is 0.469 e. The SMILES string of the molecule is CNS(=O)(=O)c1ccc(SCC2(CC(=O)OC)CC2)cc1. The normalized spacial score (nSPS) is 16.5. The van der Waals surface area contributed by atoms with E-state index in [0.29, 0.717) is 6.42 Å². The maximum absolute atomic E-state index is 11.6. The van der Waals surface area contributed by atoms with Gasteiger partial charge in [-0.05, 0) is 49.6 Å². The molecule has 0 unspecified atom stereocenters. The fourth-order valence-corrected chi connectivity index (χ4v) is 3.92. The summed E-state index contributed by atoms with van der Waals surface area (Å²) >= 11 is 1.65. The number of hydrogen-bond donors (Lipinski definition) is 1. The monoisotopic (exact) mass is 329 g/mol. The van der Waals surface area contributed by atoms with Crippen LogP contribution >= 0.6 is 11.8 Å². The topological polar surface area (TPSA) is 72.5 Å². The predicted octanol–water partition coefficient (Wildman–Crippen LogP) is 2.03. The molecular weight excluding hydrogens is 310 g/mol. The highest BCUT2D eigenvalue weighted by Crippen LogP contribution is 2.52. The molecule has 5 nitrogen and oxygen atoms in total. The lowest BCUT2D eigenvalue weighted by atomic mass is 10.1. The summed E-state index contributed by atoms with van der Waals surface area (Å²) < 4.78 is 30.3. The Hall–Kier alpha value is -1.05. The van der Waals surface area contributed by atoms with Gasteiger partial charge in [0.2, 0.25) is 10.0 Å². The molecule has 0 radical (unpaired) electrons. The van der Waals surface area contributed by atoms with Crippen molar-refractivity contribution < 1.29 is 17.9 Å². The van der Waals surface area contributed by atoms with E-state index >= 15 is 0 Å². The van der Waals surface area contributed by atoms with Crippen LogP contribution in [0.25, 0.3) is 0 Å². The van der Waals surface area contributed by atoms with E-state index in [2.05, 4.69) is 4.72 Å². The van der Waals surface area contributed by atoms with Crippen LogP contribution < -0.4 is 4.72 Å². The van der Waals surface area contributed by atoms with Gasteiger partial charge in [0.1, 0.15) is 0 Å². The van der Waals surface area contributed by atoms with E-state index in [4.69, 9.17) is 4.74 Å². The van der Waals surface area contributed by atoms with Crippen LogP contribution in [0, 0.1) is 5.41 Å². The molecule has 21 heavy (non-hydrogen) atoms. The maximum Gasteiger partial charge on any atom is 0.306 e. The van der Waals surface area contributed by atoms with Crippen LogP contribution in [0.4, 0.5) is 0 Å². The van der Waals surface area contributed by atoms with Crippen LogP contribution in [0.5, 0.6) is 0 Å². The maximum atomic E-state index is 11.6. The van der Waals surface area contributed by atoms with Crippen LogP contribution in [0.3, 0.4) is 0 Å². The van der Waals surface area contributed by atoms with Gasteiger partial charge in [-0.3, -0.25) is 4.79 Å². The van der Waals surface area contributed by atoms with Gasteiger partial charge in [-0.25, -0.2) is 13.1 Å². The third kappa shape index (κ3) is 4.21. The van der Waals surface area contributed by atoms with Crippen molar-refractivity contribution in [3.8, 4) is 0 Å². The lowest BCUT2D eigenvalue weighted by Crippen LogP contribution is -2.18. The molecule has 0 amide bonds. The smallest absolute Gasteiger partial charge is 0.306 e. The minimum absolute atomic E-state index is 0.0630. The summed E-state index contributed by atoms with van der Waals surface area (Å²) in [5.74, 6) is 0.684. The van der Waals surface area contributed by atoms with Gasteiger partial charge in [0.25, 0.3) is 0 Å². The highest BCUT2D eigenvalue weighted by Gasteiger charge is 2.44. The predicted molar refractivity (Wildman–Crippen MR) is 81.7 cm³/mol. The molecule has 7 heteroatoms. The highest BCUT2D eigenvalue weighted by molar-refractivity contribution is 7.99. The molecule has 1 fully saturated rings. The molecule has 116 valence electrons. The van der Waals surface area contributed by atoms with Crippen molar-refractivity contribution in [2.75, 3.05) is 19.9 Å². The average Bonchev–Trinajstić information content (AvgIpc) is 3.25.